The molecule has 3 nitrogen and oxygen atoms in total. The highest BCUT2D eigenvalue weighted by molar-refractivity contribution is 6.20. The van der Waals surface area contributed by atoms with Gasteiger partial charge in [-0.05, 0) is 66.8 Å². The van der Waals surface area contributed by atoms with Gasteiger partial charge in [0.1, 0.15) is 11.5 Å². The molecule has 3 aromatic rings. The number of rotatable bonds is 5. The Kier molecular flexibility index (Phi) is 5.41. The molecule has 3 rings (SSSR count). The number of hydrogen-bond acceptors (Lipinski definition) is 2. The van der Waals surface area contributed by atoms with E-state index in [9.17, 15) is 9.90 Å². The summed E-state index contributed by atoms with van der Waals surface area (Å²) < 4.78 is 6.08. The molecule has 0 spiro atoms. The molecule has 1 N–H and O–H groups in total. The first-order chi connectivity index (χ1) is 13.0. The smallest absolute Gasteiger partial charge is 0.336 e. The Morgan fingerprint density at radius 1 is 0.852 bits per heavy atom. The molecular formula is C24H22O3. The van der Waals surface area contributed by atoms with Crippen molar-refractivity contribution in [2.45, 2.75) is 20.8 Å². The minimum absolute atomic E-state index is 0.259. The van der Waals surface area contributed by atoms with Crippen LogP contribution in [0.1, 0.15) is 27.8 Å². The molecule has 0 aliphatic carbocycles. The highest BCUT2D eigenvalue weighted by Crippen LogP contribution is 2.31. The van der Waals surface area contributed by atoms with E-state index in [1.165, 1.54) is 5.56 Å². The second-order valence-corrected chi connectivity index (χ2v) is 6.55. The van der Waals surface area contributed by atoms with E-state index in [2.05, 4.69) is 13.0 Å². The average Bonchev–Trinajstić information content (AvgIpc) is 2.68. The van der Waals surface area contributed by atoms with Crippen molar-refractivity contribution >= 4 is 17.6 Å². The van der Waals surface area contributed by atoms with Crippen LogP contribution in [0.5, 0.6) is 11.5 Å². The number of carbonyl (C=O) groups is 1. The van der Waals surface area contributed by atoms with Crippen molar-refractivity contribution in [2.75, 3.05) is 0 Å². The van der Waals surface area contributed by atoms with Gasteiger partial charge >= 0.3 is 5.97 Å². The number of carboxylic acids is 1. The van der Waals surface area contributed by atoms with Gasteiger partial charge in [-0.3, -0.25) is 0 Å². The fraction of sp³-hybridized carbons (Fsp3) is 0.125. The van der Waals surface area contributed by atoms with Crippen LogP contribution in [0.15, 0.2) is 66.7 Å². The summed E-state index contributed by atoms with van der Waals surface area (Å²) in [5, 5.41) is 9.53. The van der Waals surface area contributed by atoms with E-state index in [1.54, 1.807) is 18.2 Å². The predicted octanol–water partition coefficient (Wildman–Crippen LogP) is 6.03. The van der Waals surface area contributed by atoms with E-state index in [0.717, 1.165) is 28.2 Å². The summed E-state index contributed by atoms with van der Waals surface area (Å²) >= 11 is 0. The number of aliphatic carboxylic acids is 1. The third-order valence-electron chi connectivity index (χ3n) is 4.60. The van der Waals surface area contributed by atoms with Gasteiger partial charge in [0.15, 0.2) is 0 Å². The molecule has 0 saturated carbocycles. The van der Waals surface area contributed by atoms with Crippen LogP contribution < -0.4 is 4.74 Å². The van der Waals surface area contributed by atoms with E-state index < -0.39 is 5.97 Å². The second kappa shape index (κ2) is 7.92. The van der Waals surface area contributed by atoms with E-state index in [-0.39, 0.29) is 5.57 Å². The molecular weight excluding hydrogens is 336 g/mol. The molecule has 3 aromatic carbocycles. The van der Waals surface area contributed by atoms with Crippen LogP contribution in [-0.4, -0.2) is 11.1 Å². The number of aryl methyl sites for hydroxylation is 2. The average molecular weight is 358 g/mol. The highest BCUT2D eigenvalue weighted by atomic mass is 16.5. The van der Waals surface area contributed by atoms with Crippen molar-refractivity contribution in [1.29, 1.82) is 0 Å². The molecule has 136 valence electrons. The minimum Gasteiger partial charge on any atom is -0.478 e. The molecule has 0 bridgehead atoms. The quantitative estimate of drug-likeness (QED) is 0.447. The zero-order valence-electron chi connectivity index (χ0n) is 15.7. The predicted molar refractivity (Wildman–Crippen MR) is 109 cm³/mol. The first kappa shape index (κ1) is 18.5. The minimum atomic E-state index is -0.951. The molecule has 3 heteroatoms. The summed E-state index contributed by atoms with van der Waals surface area (Å²) in [6.45, 7) is 6.14. The maximum absolute atomic E-state index is 11.6. The van der Waals surface area contributed by atoms with Crippen molar-refractivity contribution in [1.82, 2.24) is 0 Å². The Hall–Kier alpha value is -3.33. The van der Waals surface area contributed by atoms with Crippen molar-refractivity contribution in [3.63, 3.8) is 0 Å². The van der Waals surface area contributed by atoms with Gasteiger partial charge < -0.3 is 9.84 Å². The number of carboxylic acid groups (broad SMARTS) is 1. The molecule has 0 saturated heterocycles. The summed E-state index contributed by atoms with van der Waals surface area (Å²) in [5.41, 5.74) is 5.13. The molecule has 0 heterocycles. The van der Waals surface area contributed by atoms with Crippen LogP contribution >= 0.6 is 0 Å². The normalized spacial score (nSPS) is 11.3. The third-order valence-corrected chi connectivity index (χ3v) is 4.60. The van der Waals surface area contributed by atoms with Crippen LogP contribution in [0, 0.1) is 20.8 Å². The Morgan fingerprint density at radius 3 is 2.11 bits per heavy atom. The fourth-order valence-corrected chi connectivity index (χ4v) is 2.89. The Labute approximate surface area is 159 Å². The van der Waals surface area contributed by atoms with Crippen molar-refractivity contribution < 1.29 is 14.6 Å². The van der Waals surface area contributed by atoms with E-state index >= 15 is 0 Å². The van der Waals surface area contributed by atoms with Crippen LogP contribution in [0.2, 0.25) is 0 Å². The maximum Gasteiger partial charge on any atom is 0.336 e. The van der Waals surface area contributed by atoms with Crippen molar-refractivity contribution in [3.8, 4) is 11.5 Å². The van der Waals surface area contributed by atoms with Gasteiger partial charge in [-0.15, -0.1) is 0 Å². The van der Waals surface area contributed by atoms with Gasteiger partial charge in [0, 0.05) is 0 Å². The monoisotopic (exact) mass is 358 g/mol. The molecule has 0 unspecified atom stereocenters. The van der Waals surface area contributed by atoms with E-state index in [4.69, 9.17) is 4.74 Å². The van der Waals surface area contributed by atoms with Gasteiger partial charge in [0.25, 0.3) is 0 Å². The van der Waals surface area contributed by atoms with Gasteiger partial charge in [0.05, 0.1) is 5.57 Å². The zero-order chi connectivity index (χ0) is 19.4. The van der Waals surface area contributed by atoms with Crippen molar-refractivity contribution in [3.05, 3.63) is 94.5 Å². The van der Waals surface area contributed by atoms with E-state index in [0.29, 0.717) is 5.56 Å². The highest BCUT2D eigenvalue weighted by Gasteiger charge is 2.11. The summed E-state index contributed by atoms with van der Waals surface area (Å²) in [6.07, 6.45) is 1.67. The van der Waals surface area contributed by atoms with Crippen LogP contribution in [0.4, 0.5) is 0 Å². The molecule has 0 aliphatic heterocycles. The summed E-state index contributed by atoms with van der Waals surface area (Å²) in [7, 11) is 0. The number of ether oxygens (including phenoxy) is 1. The molecule has 0 radical (unpaired) electrons. The van der Waals surface area contributed by atoms with Gasteiger partial charge in [-0.2, -0.15) is 0 Å². The van der Waals surface area contributed by atoms with Crippen LogP contribution in [0.25, 0.3) is 11.6 Å². The molecule has 0 aliphatic rings. The van der Waals surface area contributed by atoms with E-state index in [1.807, 2.05) is 62.4 Å². The first-order valence-corrected chi connectivity index (χ1v) is 8.81. The Balaban J connectivity index is 1.87. The fourth-order valence-electron chi connectivity index (χ4n) is 2.89. The number of hydrogen-bond donors (Lipinski definition) is 1. The van der Waals surface area contributed by atoms with Crippen molar-refractivity contribution in [2.24, 2.45) is 0 Å². The SMILES string of the molecule is Cc1ccc(C)c(Oc2ccc(/C=C(/C(=O)O)c3ccccc3)cc2)c1C. The van der Waals surface area contributed by atoms with Crippen LogP contribution in [-0.2, 0) is 4.79 Å². The molecule has 0 atom stereocenters. The standard InChI is InChI=1S/C24H22O3/c1-16-9-10-17(2)23(18(16)3)27-21-13-11-19(12-14-21)15-22(24(25)26)20-7-5-4-6-8-20/h4-15H,1-3H3,(H,25,26)/b22-15+. The molecule has 27 heavy (non-hydrogen) atoms. The summed E-state index contributed by atoms with van der Waals surface area (Å²) in [4.78, 5) is 11.6. The Bertz CT molecular complexity index is 984. The maximum atomic E-state index is 11.6. The second-order valence-electron chi connectivity index (χ2n) is 6.55. The molecule has 0 aromatic heterocycles. The Morgan fingerprint density at radius 2 is 1.48 bits per heavy atom. The third kappa shape index (κ3) is 4.26. The topological polar surface area (TPSA) is 46.5 Å². The lowest BCUT2D eigenvalue weighted by atomic mass is 10.0. The van der Waals surface area contributed by atoms with Gasteiger partial charge in [0.2, 0.25) is 0 Å². The lowest BCUT2D eigenvalue weighted by Gasteiger charge is -2.13. The summed E-state index contributed by atoms with van der Waals surface area (Å²) in [6, 6.07) is 20.7. The molecule has 0 amide bonds. The lowest BCUT2D eigenvalue weighted by molar-refractivity contribution is -0.130. The largest absolute Gasteiger partial charge is 0.478 e. The zero-order valence-corrected chi connectivity index (χ0v) is 15.7. The summed E-state index contributed by atoms with van der Waals surface area (Å²) in [5.74, 6) is 0.641. The van der Waals surface area contributed by atoms with Gasteiger partial charge in [-0.25, -0.2) is 4.79 Å². The number of benzene rings is 3. The lowest BCUT2D eigenvalue weighted by Crippen LogP contribution is -1.99. The van der Waals surface area contributed by atoms with Crippen LogP contribution in [0.3, 0.4) is 0 Å². The van der Waals surface area contributed by atoms with Gasteiger partial charge in [-0.1, -0.05) is 54.6 Å². The molecule has 0 fully saturated rings. The first-order valence-electron chi connectivity index (χ1n) is 8.81.